The van der Waals surface area contributed by atoms with Crippen molar-refractivity contribution in [1.82, 2.24) is 9.80 Å². The van der Waals surface area contributed by atoms with Gasteiger partial charge in [0.2, 0.25) is 5.91 Å². The summed E-state index contributed by atoms with van der Waals surface area (Å²) in [6, 6.07) is 17.2. The second-order valence-electron chi connectivity index (χ2n) is 9.25. The fourth-order valence-corrected chi connectivity index (χ4v) is 5.06. The molecule has 3 rings (SSSR count). The van der Waals surface area contributed by atoms with Gasteiger partial charge in [0.1, 0.15) is 6.54 Å². The first-order valence-electron chi connectivity index (χ1n) is 13.7. The standard InChI is InChI=1S/C31H41N3O5S/c1-5-25-11-7-8-13-27(25)32-31(36)34(17-10-19-39-6-2)23-30(35)33(22-26-12-9-20-40-26)18-16-24-14-15-28(37-3)29(21-24)38-4/h7-9,11-15,20-21H,5-6,10,16-19,22-23H2,1-4H3,(H,32,36). The maximum Gasteiger partial charge on any atom is 0.322 e. The monoisotopic (exact) mass is 567 g/mol. The van der Waals surface area contributed by atoms with E-state index in [4.69, 9.17) is 14.2 Å². The van der Waals surface area contributed by atoms with Gasteiger partial charge in [-0.2, -0.15) is 0 Å². The Bertz CT molecular complexity index is 1200. The molecule has 1 N–H and O–H groups in total. The molecule has 0 atom stereocenters. The molecule has 0 unspecified atom stereocenters. The Balaban J connectivity index is 1.75. The van der Waals surface area contributed by atoms with Gasteiger partial charge in [0, 0.05) is 36.9 Å². The van der Waals surface area contributed by atoms with Crippen molar-refractivity contribution in [2.75, 3.05) is 52.4 Å². The lowest BCUT2D eigenvalue weighted by Gasteiger charge is -2.28. The number of urea groups is 1. The molecular formula is C31H41N3O5S. The van der Waals surface area contributed by atoms with Crippen LogP contribution in [0.1, 0.15) is 36.3 Å². The van der Waals surface area contributed by atoms with E-state index in [1.165, 1.54) is 0 Å². The second kappa shape index (κ2) is 16.5. The fourth-order valence-electron chi connectivity index (χ4n) is 4.35. The number of carbonyl (C=O) groups is 2. The van der Waals surface area contributed by atoms with Gasteiger partial charge in [0.15, 0.2) is 11.5 Å². The van der Waals surface area contributed by atoms with Crippen LogP contribution in [0.5, 0.6) is 11.5 Å². The van der Waals surface area contributed by atoms with Gasteiger partial charge in [-0.25, -0.2) is 4.79 Å². The first-order valence-corrected chi connectivity index (χ1v) is 14.6. The van der Waals surface area contributed by atoms with Gasteiger partial charge >= 0.3 is 6.03 Å². The van der Waals surface area contributed by atoms with Crippen molar-refractivity contribution >= 4 is 29.0 Å². The molecule has 3 aromatic rings. The minimum atomic E-state index is -0.290. The highest BCUT2D eigenvalue weighted by molar-refractivity contribution is 7.09. The van der Waals surface area contributed by atoms with Crippen molar-refractivity contribution in [2.24, 2.45) is 0 Å². The molecule has 8 nitrogen and oxygen atoms in total. The van der Waals surface area contributed by atoms with E-state index in [0.29, 0.717) is 57.2 Å². The number of rotatable bonds is 16. The van der Waals surface area contributed by atoms with E-state index in [9.17, 15) is 9.59 Å². The first-order chi connectivity index (χ1) is 19.5. The summed E-state index contributed by atoms with van der Waals surface area (Å²) in [5, 5.41) is 5.03. The van der Waals surface area contributed by atoms with E-state index in [1.54, 1.807) is 30.5 Å². The van der Waals surface area contributed by atoms with Gasteiger partial charge in [-0.05, 0) is 67.0 Å². The Labute approximate surface area is 241 Å². The third-order valence-electron chi connectivity index (χ3n) is 6.57. The number of hydrogen-bond acceptors (Lipinski definition) is 6. The molecule has 0 aliphatic rings. The highest BCUT2D eigenvalue weighted by atomic mass is 32.1. The van der Waals surface area contributed by atoms with Crippen LogP contribution in [0.25, 0.3) is 0 Å². The van der Waals surface area contributed by atoms with Gasteiger partial charge in [0.05, 0.1) is 20.8 Å². The molecule has 0 fully saturated rings. The Kier molecular flexibility index (Phi) is 12.8. The minimum absolute atomic E-state index is 0.0242. The zero-order chi connectivity index (χ0) is 28.7. The van der Waals surface area contributed by atoms with Crippen molar-refractivity contribution in [2.45, 2.75) is 39.7 Å². The SMILES string of the molecule is CCOCCCN(CC(=O)N(CCc1ccc(OC)c(OC)c1)Cc1cccs1)C(=O)Nc1ccccc1CC. The number of benzene rings is 2. The molecule has 0 aliphatic heterocycles. The van der Waals surface area contributed by atoms with E-state index in [1.807, 2.05) is 71.8 Å². The van der Waals surface area contributed by atoms with Crippen molar-refractivity contribution in [3.63, 3.8) is 0 Å². The average molecular weight is 568 g/mol. The molecule has 0 spiro atoms. The Hall–Kier alpha value is -3.56. The van der Waals surface area contributed by atoms with Crippen molar-refractivity contribution in [3.8, 4) is 11.5 Å². The van der Waals surface area contributed by atoms with E-state index in [-0.39, 0.29) is 18.5 Å². The predicted octanol–water partition coefficient (Wildman–Crippen LogP) is 5.86. The lowest BCUT2D eigenvalue weighted by atomic mass is 10.1. The summed E-state index contributed by atoms with van der Waals surface area (Å²) in [5.74, 6) is 1.21. The van der Waals surface area contributed by atoms with Crippen LogP contribution in [0, 0.1) is 0 Å². The van der Waals surface area contributed by atoms with Gasteiger partial charge in [-0.3, -0.25) is 4.79 Å². The number of amides is 3. The van der Waals surface area contributed by atoms with Crippen molar-refractivity contribution in [3.05, 3.63) is 76.0 Å². The number of methoxy groups -OCH3 is 2. The minimum Gasteiger partial charge on any atom is -0.493 e. The smallest absolute Gasteiger partial charge is 0.322 e. The molecule has 40 heavy (non-hydrogen) atoms. The highest BCUT2D eigenvalue weighted by Gasteiger charge is 2.22. The number of nitrogens with one attached hydrogen (secondary N) is 1. The maximum atomic E-state index is 13.7. The zero-order valence-electron chi connectivity index (χ0n) is 24.0. The third kappa shape index (κ3) is 9.27. The van der Waals surface area contributed by atoms with E-state index < -0.39 is 0 Å². The summed E-state index contributed by atoms with van der Waals surface area (Å²) >= 11 is 1.61. The van der Waals surface area contributed by atoms with Crippen LogP contribution in [-0.2, 0) is 28.9 Å². The summed E-state index contributed by atoms with van der Waals surface area (Å²) in [6.45, 7) is 6.50. The second-order valence-corrected chi connectivity index (χ2v) is 10.3. The van der Waals surface area contributed by atoms with Gasteiger partial charge < -0.3 is 29.3 Å². The summed E-state index contributed by atoms with van der Waals surface area (Å²) in [4.78, 5) is 31.6. The van der Waals surface area contributed by atoms with Crippen LogP contribution in [-0.4, -0.2) is 68.8 Å². The lowest BCUT2D eigenvalue weighted by molar-refractivity contribution is -0.132. The molecule has 1 heterocycles. The number of ether oxygens (including phenoxy) is 3. The van der Waals surface area contributed by atoms with Crippen LogP contribution in [0.2, 0.25) is 0 Å². The molecule has 9 heteroatoms. The zero-order valence-corrected chi connectivity index (χ0v) is 24.8. The molecule has 0 saturated heterocycles. The fraction of sp³-hybridized carbons (Fsp3) is 0.419. The number of thiophene rings is 1. The summed E-state index contributed by atoms with van der Waals surface area (Å²) < 4.78 is 16.3. The van der Waals surface area contributed by atoms with Crippen LogP contribution < -0.4 is 14.8 Å². The van der Waals surface area contributed by atoms with Gasteiger partial charge in [-0.1, -0.05) is 37.3 Å². The third-order valence-corrected chi connectivity index (χ3v) is 7.43. The number of hydrogen-bond donors (Lipinski definition) is 1. The molecule has 1 aromatic heterocycles. The Morgan fingerprint density at radius 2 is 1.73 bits per heavy atom. The average Bonchev–Trinajstić information content (AvgIpc) is 3.50. The maximum absolute atomic E-state index is 13.7. The molecule has 2 aromatic carbocycles. The molecule has 0 radical (unpaired) electrons. The van der Waals surface area contributed by atoms with Crippen molar-refractivity contribution < 1.29 is 23.8 Å². The number of nitrogens with zero attached hydrogens (tertiary/aromatic N) is 2. The Morgan fingerprint density at radius 3 is 2.42 bits per heavy atom. The number of carbonyl (C=O) groups excluding carboxylic acids is 2. The quantitative estimate of drug-likeness (QED) is 0.219. The summed E-state index contributed by atoms with van der Waals surface area (Å²) in [6.07, 6.45) is 2.07. The van der Waals surface area contributed by atoms with Crippen LogP contribution in [0.15, 0.2) is 60.0 Å². The summed E-state index contributed by atoms with van der Waals surface area (Å²) in [7, 11) is 3.22. The molecule has 216 valence electrons. The molecule has 3 amide bonds. The summed E-state index contributed by atoms with van der Waals surface area (Å²) in [5.41, 5.74) is 2.84. The van der Waals surface area contributed by atoms with Crippen molar-refractivity contribution in [1.29, 1.82) is 0 Å². The number of para-hydroxylation sites is 1. The molecular weight excluding hydrogens is 526 g/mol. The van der Waals surface area contributed by atoms with Gasteiger partial charge in [0.25, 0.3) is 0 Å². The topological polar surface area (TPSA) is 80.3 Å². The first kappa shape index (κ1) is 31.0. The largest absolute Gasteiger partial charge is 0.493 e. The van der Waals surface area contributed by atoms with Crippen LogP contribution >= 0.6 is 11.3 Å². The van der Waals surface area contributed by atoms with E-state index in [2.05, 4.69) is 12.2 Å². The van der Waals surface area contributed by atoms with E-state index >= 15 is 0 Å². The molecule has 0 aliphatic carbocycles. The Morgan fingerprint density at radius 1 is 0.925 bits per heavy atom. The molecule has 0 bridgehead atoms. The number of aryl methyl sites for hydroxylation is 1. The van der Waals surface area contributed by atoms with Crippen LogP contribution in [0.3, 0.4) is 0 Å². The lowest BCUT2D eigenvalue weighted by Crippen LogP contribution is -2.45. The highest BCUT2D eigenvalue weighted by Crippen LogP contribution is 2.28. The normalized spacial score (nSPS) is 10.7. The van der Waals surface area contributed by atoms with Crippen LogP contribution in [0.4, 0.5) is 10.5 Å². The molecule has 0 saturated carbocycles. The van der Waals surface area contributed by atoms with E-state index in [0.717, 1.165) is 28.1 Å². The van der Waals surface area contributed by atoms with Gasteiger partial charge in [-0.15, -0.1) is 11.3 Å². The number of anilines is 1. The predicted molar refractivity (Wildman–Crippen MR) is 161 cm³/mol.